The molecule has 0 aliphatic carbocycles. The molecule has 1 N–H and O–H groups in total. The van der Waals surface area contributed by atoms with Gasteiger partial charge >= 0.3 is 0 Å². The molecule has 116 valence electrons. The average molecular weight is 306 g/mol. The van der Waals surface area contributed by atoms with Crippen LogP contribution >= 0.6 is 11.3 Å². The van der Waals surface area contributed by atoms with E-state index in [4.69, 9.17) is 0 Å². The molecule has 0 bridgehead atoms. The van der Waals surface area contributed by atoms with Gasteiger partial charge in [-0.3, -0.25) is 4.79 Å². The van der Waals surface area contributed by atoms with Crippen LogP contribution in [0.15, 0.2) is 16.8 Å². The third-order valence-corrected chi connectivity index (χ3v) is 5.80. The number of rotatable bonds is 4. The highest BCUT2D eigenvalue weighted by Crippen LogP contribution is 2.40. The largest absolute Gasteiger partial charge is 0.335 e. The molecule has 2 aliphatic rings. The second-order valence-corrected chi connectivity index (χ2v) is 7.30. The number of carbonyl (C=O) groups is 1. The maximum Gasteiger partial charge on any atom is 0.230 e. The summed E-state index contributed by atoms with van der Waals surface area (Å²) in [6.45, 7) is 5.06. The van der Waals surface area contributed by atoms with Crippen LogP contribution in [-0.2, 0) is 4.79 Å². The van der Waals surface area contributed by atoms with Gasteiger partial charge in [0.05, 0.1) is 11.5 Å². The van der Waals surface area contributed by atoms with E-state index in [9.17, 15) is 4.79 Å². The van der Waals surface area contributed by atoms with Crippen molar-refractivity contribution in [3.63, 3.8) is 0 Å². The normalized spacial score (nSPS) is 29.8. The first-order valence-corrected chi connectivity index (χ1v) is 9.25. The molecular formula is C17H26N2OS. The van der Waals surface area contributed by atoms with E-state index < -0.39 is 0 Å². The Labute approximate surface area is 131 Å². The number of piperidine rings is 1. The van der Waals surface area contributed by atoms with E-state index in [-0.39, 0.29) is 5.41 Å². The van der Waals surface area contributed by atoms with E-state index >= 15 is 0 Å². The second-order valence-electron chi connectivity index (χ2n) is 6.52. The topological polar surface area (TPSA) is 32.3 Å². The molecule has 2 fully saturated rings. The van der Waals surface area contributed by atoms with Gasteiger partial charge in [0.2, 0.25) is 5.91 Å². The van der Waals surface area contributed by atoms with Crippen molar-refractivity contribution in [2.45, 2.75) is 51.5 Å². The highest BCUT2D eigenvalue weighted by molar-refractivity contribution is 7.07. The Morgan fingerprint density at radius 3 is 3.10 bits per heavy atom. The number of nitrogens with one attached hydrogen (secondary N) is 1. The quantitative estimate of drug-likeness (QED) is 0.922. The first kappa shape index (κ1) is 15.0. The second kappa shape index (κ2) is 6.49. The molecule has 1 amide bonds. The van der Waals surface area contributed by atoms with Crippen LogP contribution < -0.4 is 5.32 Å². The molecule has 2 unspecified atom stereocenters. The highest BCUT2D eigenvalue weighted by Gasteiger charge is 2.44. The van der Waals surface area contributed by atoms with Gasteiger partial charge in [-0.05, 0) is 61.0 Å². The van der Waals surface area contributed by atoms with E-state index in [1.54, 1.807) is 11.3 Å². The van der Waals surface area contributed by atoms with Crippen LogP contribution in [0.1, 0.15) is 57.1 Å². The van der Waals surface area contributed by atoms with E-state index in [0.29, 0.717) is 11.9 Å². The minimum Gasteiger partial charge on any atom is -0.335 e. The monoisotopic (exact) mass is 306 g/mol. The van der Waals surface area contributed by atoms with Crippen LogP contribution in [0.2, 0.25) is 0 Å². The molecule has 1 aromatic rings. The summed E-state index contributed by atoms with van der Waals surface area (Å²) in [4.78, 5) is 15.5. The summed E-state index contributed by atoms with van der Waals surface area (Å²) in [5.41, 5.74) is 1.19. The van der Waals surface area contributed by atoms with Crippen molar-refractivity contribution in [3.8, 4) is 0 Å². The first-order valence-electron chi connectivity index (χ1n) is 8.31. The average Bonchev–Trinajstić information content (AvgIpc) is 3.18. The minimum absolute atomic E-state index is 0.147. The van der Waals surface area contributed by atoms with Crippen LogP contribution in [0.5, 0.6) is 0 Å². The molecule has 0 aromatic carbocycles. The van der Waals surface area contributed by atoms with Gasteiger partial charge in [0.15, 0.2) is 0 Å². The Bertz CT molecular complexity index is 460. The van der Waals surface area contributed by atoms with Gasteiger partial charge in [-0.2, -0.15) is 11.3 Å². The van der Waals surface area contributed by atoms with Gasteiger partial charge in [-0.15, -0.1) is 0 Å². The van der Waals surface area contributed by atoms with Crippen LogP contribution in [0.25, 0.3) is 0 Å². The van der Waals surface area contributed by atoms with E-state index in [1.165, 1.54) is 5.56 Å². The number of thiophene rings is 1. The summed E-state index contributed by atoms with van der Waals surface area (Å²) in [5.74, 6) is 0.408. The smallest absolute Gasteiger partial charge is 0.230 e. The lowest BCUT2D eigenvalue weighted by atomic mass is 9.75. The summed E-state index contributed by atoms with van der Waals surface area (Å²) in [5, 5.41) is 7.80. The molecule has 1 aromatic heterocycles. The Morgan fingerprint density at radius 2 is 2.43 bits per heavy atom. The number of amides is 1. The van der Waals surface area contributed by atoms with Gasteiger partial charge in [0, 0.05) is 13.1 Å². The summed E-state index contributed by atoms with van der Waals surface area (Å²) >= 11 is 1.73. The molecule has 0 spiro atoms. The molecule has 3 nitrogen and oxygen atoms in total. The summed E-state index contributed by atoms with van der Waals surface area (Å²) in [6, 6.07) is 2.51. The summed E-state index contributed by atoms with van der Waals surface area (Å²) < 4.78 is 0. The van der Waals surface area contributed by atoms with Crippen molar-refractivity contribution >= 4 is 17.2 Å². The maximum atomic E-state index is 13.3. The predicted octanol–water partition coefficient (Wildman–Crippen LogP) is 3.58. The highest BCUT2D eigenvalue weighted by atomic mass is 32.1. The molecule has 2 aliphatic heterocycles. The van der Waals surface area contributed by atoms with Crippen molar-refractivity contribution in [2.24, 2.45) is 5.41 Å². The van der Waals surface area contributed by atoms with Crippen LogP contribution in [0.3, 0.4) is 0 Å². The van der Waals surface area contributed by atoms with Gasteiger partial charge in [-0.25, -0.2) is 0 Å². The molecule has 0 saturated carbocycles. The number of hydrogen-bond donors (Lipinski definition) is 1. The lowest BCUT2D eigenvalue weighted by Gasteiger charge is -2.40. The van der Waals surface area contributed by atoms with E-state index in [0.717, 1.165) is 58.2 Å². The lowest BCUT2D eigenvalue weighted by Crippen LogP contribution is -2.51. The molecule has 0 radical (unpaired) electrons. The van der Waals surface area contributed by atoms with Gasteiger partial charge in [0.25, 0.3) is 0 Å². The van der Waals surface area contributed by atoms with Crippen LogP contribution in [-0.4, -0.2) is 30.4 Å². The molecule has 3 heterocycles. The van der Waals surface area contributed by atoms with Crippen molar-refractivity contribution in [2.75, 3.05) is 19.6 Å². The number of nitrogens with zero attached hydrogens (tertiary/aromatic N) is 1. The number of likely N-dealkylation sites (tertiary alicyclic amines) is 1. The molecule has 21 heavy (non-hydrogen) atoms. The zero-order valence-corrected chi connectivity index (χ0v) is 13.8. The fourth-order valence-electron chi connectivity index (χ4n) is 4.07. The van der Waals surface area contributed by atoms with Gasteiger partial charge < -0.3 is 10.2 Å². The SMILES string of the molecule is CCCC1(C(=O)N2CCCC2c2ccsc2)CCCNC1. The van der Waals surface area contributed by atoms with Gasteiger partial charge in [-0.1, -0.05) is 13.3 Å². The van der Waals surface area contributed by atoms with E-state index in [1.807, 2.05) is 0 Å². The Balaban J connectivity index is 1.81. The van der Waals surface area contributed by atoms with Gasteiger partial charge in [0.1, 0.15) is 0 Å². The fourth-order valence-corrected chi connectivity index (χ4v) is 4.78. The molecular weight excluding hydrogens is 280 g/mol. The molecule has 2 atom stereocenters. The standard InChI is InChI=1S/C17H26N2OS/c1-2-7-17(8-4-9-18-13-17)16(20)19-10-3-5-15(19)14-6-11-21-12-14/h6,11-12,15,18H,2-5,7-10,13H2,1H3. The fraction of sp³-hybridized carbons (Fsp3) is 0.706. The Morgan fingerprint density at radius 1 is 1.52 bits per heavy atom. The van der Waals surface area contributed by atoms with Crippen molar-refractivity contribution in [1.82, 2.24) is 10.2 Å². The molecule has 2 saturated heterocycles. The minimum atomic E-state index is -0.147. The first-order chi connectivity index (χ1) is 10.3. The van der Waals surface area contributed by atoms with Crippen LogP contribution in [0, 0.1) is 5.41 Å². The van der Waals surface area contributed by atoms with Crippen LogP contribution in [0.4, 0.5) is 0 Å². The molecule has 3 rings (SSSR count). The van der Waals surface area contributed by atoms with E-state index in [2.05, 4.69) is 34.0 Å². The van der Waals surface area contributed by atoms with Crippen molar-refractivity contribution in [1.29, 1.82) is 0 Å². The lowest BCUT2D eigenvalue weighted by molar-refractivity contribution is -0.145. The number of carbonyl (C=O) groups excluding carboxylic acids is 1. The Kier molecular flexibility index (Phi) is 4.65. The zero-order chi connectivity index (χ0) is 14.7. The summed E-state index contributed by atoms with van der Waals surface area (Å²) in [6.07, 6.45) is 6.55. The van der Waals surface area contributed by atoms with Crippen molar-refractivity contribution < 1.29 is 4.79 Å². The maximum absolute atomic E-state index is 13.3. The third-order valence-electron chi connectivity index (χ3n) is 5.10. The van der Waals surface area contributed by atoms with Crippen molar-refractivity contribution in [3.05, 3.63) is 22.4 Å². The number of hydrogen-bond acceptors (Lipinski definition) is 3. The predicted molar refractivity (Wildman–Crippen MR) is 87.5 cm³/mol. The zero-order valence-electron chi connectivity index (χ0n) is 12.9. The Hall–Kier alpha value is -0.870. The third kappa shape index (κ3) is 2.88. The summed E-state index contributed by atoms with van der Waals surface area (Å²) in [7, 11) is 0. The molecule has 4 heteroatoms.